The highest BCUT2D eigenvalue weighted by atomic mass is 32.2. The van der Waals surface area contributed by atoms with E-state index in [9.17, 15) is 13.2 Å². The molecule has 0 aromatic heterocycles. The first kappa shape index (κ1) is 23.8. The standard InChI is InChI=1S/C24H31N3O5S/c1-19-2-7-22(33(29,30)27-10-14-32-15-11-27)16-23(19)24(28)25-17-20-3-5-21(6-4-20)18-26-8-12-31-13-9-26/h2-7,16H,8-15,17-18H2,1H3,(H,25,28). The zero-order chi connectivity index (χ0) is 23.3. The average Bonchev–Trinajstić information content (AvgIpc) is 2.85. The van der Waals surface area contributed by atoms with Crippen molar-refractivity contribution in [1.82, 2.24) is 14.5 Å². The van der Waals surface area contributed by atoms with Gasteiger partial charge in [-0.2, -0.15) is 4.31 Å². The van der Waals surface area contributed by atoms with Crippen molar-refractivity contribution in [2.24, 2.45) is 0 Å². The minimum Gasteiger partial charge on any atom is -0.379 e. The van der Waals surface area contributed by atoms with Gasteiger partial charge in [-0.15, -0.1) is 0 Å². The fourth-order valence-electron chi connectivity index (χ4n) is 4.00. The normalized spacial score (nSPS) is 18.2. The fraction of sp³-hybridized carbons (Fsp3) is 0.458. The third-order valence-corrected chi connectivity index (χ3v) is 7.94. The second-order valence-electron chi connectivity index (χ2n) is 8.38. The van der Waals surface area contributed by atoms with Gasteiger partial charge in [0, 0.05) is 44.8 Å². The summed E-state index contributed by atoms with van der Waals surface area (Å²) >= 11 is 0. The number of nitrogens with one attached hydrogen (secondary N) is 1. The molecule has 2 heterocycles. The minimum atomic E-state index is -3.66. The van der Waals surface area contributed by atoms with Crippen molar-refractivity contribution in [3.05, 3.63) is 64.7 Å². The van der Waals surface area contributed by atoms with Gasteiger partial charge in [-0.25, -0.2) is 8.42 Å². The molecule has 33 heavy (non-hydrogen) atoms. The van der Waals surface area contributed by atoms with E-state index >= 15 is 0 Å². The van der Waals surface area contributed by atoms with Crippen LogP contribution in [0.4, 0.5) is 0 Å². The number of aryl methyl sites for hydroxylation is 1. The number of ether oxygens (including phenoxy) is 2. The number of hydrogen-bond acceptors (Lipinski definition) is 6. The lowest BCUT2D eigenvalue weighted by Gasteiger charge is -2.26. The molecule has 0 spiro atoms. The predicted molar refractivity (Wildman–Crippen MR) is 124 cm³/mol. The van der Waals surface area contributed by atoms with Gasteiger partial charge in [0.1, 0.15) is 0 Å². The molecule has 2 fully saturated rings. The van der Waals surface area contributed by atoms with Gasteiger partial charge >= 0.3 is 0 Å². The van der Waals surface area contributed by atoms with E-state index in [0.717, 1.165) is 44.0 Å². The van der Waals surface area contributed by atoms with Crippen molar-refractivity contribution in [3.8, 4) is 0 Å². The van der Waals surface area contributed by atoms with Gasteiger partial charge in [0.2, 0.25) is 10.0 Å². The molecule has 0 bridgehead atoms. The Labute approximate surface area is 195 Å². The number of carbonyl (C=O) groups excluding carboxylic acids is 1. The number of rotatable bonds is 7. The van der Waals surface area contributed by atoms with E-state index in [2.05, 4.69) is 22.3 Å². The monoisotopic (exact) mass is 473 g/mol. The van der Waals surface area contributed by atoms with Crippen molar-refractivity contribution < 1.29 is 22.7 Å². The van der Waals surface area contributed by atoms with Crippen LogP contribution in [-0.2, 0) is 32.6 Å². The summed E-state index contributed by atoms with van der Waals surface area (Å²) in [5.74, 6) is -0.288. The van der Waals surface area contributed by atoms with Crippen LogP contribution < -0.4 is 5.32 Å². The first-order valence-electron chi connectivity index (χ1n) is 11.3. The molecule has 1 N–H and O–H groups in total. The van der Waals surface area contributed by atoms with Gasteiger partial charge in [-0.1, -0.05) is 30.3 Å². The highest BCUT2D eigenvalue weighted by molar-refractivity contribution is 7.89. The van der Waals surface area contributed by atoms with E-state index in [1.807, 2.05) is 12.1 Å². The smallest absolute Gasteiger partial charge is 0.251 e. The Kier molecular flexibility index (Phi) is 7.77. The number of amides is 1. The Bertz CT molecular complexity index is 1060. The Balaban J connectivity index is 1.38. The maximum atomic E-state index is 13.0. The van der Waals surface area contributed by atoms with Crippen LogP contribution in [0.3, 0.4) is 0 Å². The average molecular weight is 474 g/mol. The summed E-state index contributed by atoms with van der Waals surface area (Å²) in [5, 5.41) is 2.92. The molecular formula is C24H31N3O5S. The molecule has 0 unspecified atom stereocenters. The fourth-order valence-corrected chi connectivity index (χ4v) is 5.43. The highest BCUT2D eigenvalue weighted by Gasteiger charge is 2.27. The molecule has 8 nitrogen and oxygen atoms in total. The molecule has 0 aliphatic carbocycles. The van der Waals surface area contributed by atoms with Crippen LogP contribution in [0, 0.1) is 6.92 Å². The first-order chi connectivity index (χ1) is 15.9. The lowest BCUT2D eigenvalue weighted by atomic mass is 10.1. The number of morpholine rings is 2. The summed E-state index contributed by atoms with van der Waals surface area (Å²) < 4.78 is 38.0. The maximum Gasteiger partial charge on any atom is 0.251 e. The van der Waals surface area contributed by atoms with Crippen LogP contribution in [0.2, 0.25) is 0 Å². The summed E-state index contributed by atoms with van der Waals surface area (Å²) in [6, 6.07) is 12.9. The van der Waals surface area contributed by atoms with Crippen molar-refractivity contribution >= 4 is 15.9 Å². The molecule has 2 aliphatic rings. The minimum absolute atomic E-state index is 0.132. The molecule has 2 aromatic rings. The molecule has 0 atom stereocenters. The maximum absolute atomic E-state index is 13.0. The van der Waals surface area contributed by atoms with E-state index in [0.29, 0.717) is 38.4 Å². The zero-order valence-corrected chi connectivity index (χ0v) is 19.8. The summed E-state index contributed by atoms with van der Waals surface area (Å²) in [6.45, 7) is 7.90. The van der Waals surface area contributed by atoms with Gasteiger partial charge in [-0.05, 0) is 35.7 Å². The molecule has 9 heteroatoms. The quantitative estimate of drug-likeness (QED) is 0.660. The van der Waals surface area contributed by atoms with Gasteiger partial charge in [-0.3, -0.25) is 9.69 Å². The van der Waals surface area contributed by atoms with Gasteiger partial charge in [0.05, 0.1) is 31.3 Å². The molecule has 2 aliphatic heterocycles. The zero-order valence-electron chi connectivity index (χ0n) is 19.0. The number of sulfonamides is 1. The number of benzene rings is 2. The number of nitrogens with zero attached hydrogens (tertiary/aromatic N) is 2. The largest absolute Gasteiger partial charge is 0.379 e. The SMILES string of the molecule is Cc1ccc(S(=O)(=O)N2CCOCC2)cc1C(=O)NCc1ccc(CN2CCOCC2)cc1. The Morgan fingerprint density at radius 1 is 0.909 bits per heavy atom. The first-order valence-corrected chi connectivity index (χ1v) is 12.7. The van der Waals surface area contributed by atoms with Crippen molar-refractivity contribution in [2.75, 3.05) is 52.6 Å². The van der Waals surface area contributed by atoms with Crippen molar-refractivity contribution in [2.45, 2.75) is 24.9 Å². The summed E-state index contributed by atoms with van der Waals surface area (Å²) in [6.07, 6.45) is 0. The second-order valence-corrected chi connectivity index (χ2v) is 10.3. The van der Waals surface area contributed by atoms with Crippen LogP contribution in [0.5, 0.6) is 0 Å². The lowest BCUT2D eigenvalue weighted by molar-refractivity contribution is 0.0342. The summed E-state index contributed by atoms with van der Waals surface area (Å²) in [7, 11) is -3.66. The highest BCUT2D eigenvalue weighted by Crippen LogP contribution is 2.21. The van der Waals surface area contributed by atoms with E-state index in [1.165, 1.54) is 15.9 Å². The van der Waals surface area contributed by atoms with Gasteiger partial charge < -0.3 is 14.8 Å². The molecular weight excluding hydrogens is 442 g/mol. The molecule has 2 saturated heterocycles. The van der Waals surface area contributed by atoms with E-state index in [-0.39, 0.29) is 10.8 Å². The lowest BCUT2D eigenvalue weighted by Crippen LogP contribution is -2.40. The third kappa shape index (κ3) is 5.99. The van der Waals surface area contributed by atoms with E-state index < -0.39 is 10.0 Å². The predicted octanol–water partition coefficient (Wildman–Crippen LogP) is 1.78. The molecule has 1 amide bonds. The van der Waals surface area contributed by atoms with Gasteiger partial charge in [0.25, 0.3) is 5.91 Å². The number of carbonyl (C=O) groups is 1. The molecule has 178 valence electrons. The van der Waals surface area contributed by atoms with Crippen molar-refractivity contribution in [1.29, 1.82) is 0 Å². The second kappa shape index (κ2) is 10.8. The van der Waals surface area contributed by atoms with E-state index in [4.69, 9.17) is 9.47 Å². The summed E-state index contributed by atoms with van der Waals surface area (Å²) in [5.41, 5.74) is 3.32. The Hall–Kier alpha value is -2.30. The van der Waals surface area contributed by atoms with Crippen LogP contribution >= 0.6 is 0 Å². The van der Waals surface area contributed by atoms with Gasteiger partial charge in [0.15, 0.2) is 0 Å². The topological polar surface area (TPSA) is 88.2 Å². The number of hydrogen-bond donors (Lipinski definition) is 1. The Morgan fingerprint density at radius 2 is 1.52 bits per heavy atom. The molecule has 0 radical (unpaired) electrons. The van der Waals surface area contributed by atoms with Crippen molar-refractivity contribution in [3.63, 3.8) is 0 Å². The van der Waals surface area contributed by atoms with Crippen LogP contribution in [0.15, 0.2) is 47.4 Å². The van der Waals surface area contributed by atoms with Crippen LogP contribution in [0.1, 0.15) is 27.0 Å². The summed E-state index contributed by atoms with van der Waals surface area (Å²) in [4.78, 5) is 15.4. The Morgan fingerprint density at radius 3 is 2.18 bits per heavy atom. The molecule has 2 aromatic carbocycles. The molecule has 4 rings (SSSR count). The third-order valence-electron chi connectivity index (χ3n) is 6.05. The van der Waals surface area contributed by atoms with Crippen LogP contribution in [0.25, 0.3) is 0 Å². The van der Waals surface area contributed by atoms with E-state index in [1.54, 1.807) is 19.1 Å². The van der Waals surface area contributed by atoms with Crippen LogP contribution in [-0.4, -0.2) is 76.1 Å². The molecule has 0 saturated carbocycles.